The number of ether oxygens (including phenoxy) is 1. The molecule has 0 saturated heterocycles. The Hall–Kier alpha value is -2.28. The standard InChI is InChI=1S/C13H7ClF3NO3/c14-10-6-3-5-9(12(10)18(19)20)8-4-1-2-7-11(8)21-13(15,16)17/h1-7H. The molecule has 0 aliphatic heterocycles. The lowest BCUT2D eigenvalue weighted by Crippen LogP contribution is -2.17. The van der Waals surface area contributed by atoms with Crippen LogP contribution in [-0.4, -0.2) is 11.3 Å². The van der Waals surface area contributed by atoms with E-state index in [-0.39, 0.29) is 16.1 Å². The highest BCUT2D eigenvalue weighted by Gasteiger charge is 2.33. The summed E-state index contributed by atoms with van der Waals surface area (Å²) in [7, 11) is 0. The molecule has 2 aromatic carbocycles. The molecule has 0 aliphatic rings. The van der Waals surface area contributed by atoms with Gasteiger partial charge in [0.25, 0.3) is 5.69 Å². The second-order valence-corrected chi connectivity index (χ2v) is 4.34. The highest BCUT2D eigenvalue weighted by molar-refractivity contribution is 6.33. The average Bonchev–Trinajstić information content (AvgIpc) is 2.36. The number of nitro groups is 1. The number of nitrogens with zero attached hydrogens (tertiary/aromatic N) is 1. The minimum atomic E-state index is -4.90. The van der Waals surface area contributed by atoms with Gasteiger partial charge in [0.15, 0.2) is 0 Å². The maximum Gasteiger partial charge on any atom is 0.573 e. The van der Waals surface area contributed by atoms with Crippen LogP contribution in [0.2, 0.25) is 5.02 Å². The molecule has 2 aromatic rings. The SMILES string of the molecule is O=[N+]([O-])c1c(Cl)cccc1-c1ccccc1OC(F)(F)F. The van der Waals surface area contributed by atoms with Crippen molar-refractivity contribution in [3.05, 3.63) is 57.6 Å². The fourth-order valence-electron chi connectivity index (χ4n) is 1.82. The van der Waals surface area contributed by atoms with Crippen LogP contribution in [0.15, 0.2) is 42.5 Å². The summed E-state index contributed by atoms with van der Waals surface area (Å²) in [5, 5.41) is 10.9. The molecule has 0 atom stereocenters. The molecule has 8 heteroatoms. The molecule has 0 radical (unpaired) electrons. The molecule has 0 unspecified atom stereocenters. The lowest BCUT2D eigenvalue weighted by molar-refractivity contribution is -0.384. The molecule has 0 fully saturated rings. The van der Waals surface area contributed by atoms with Gasteiger partial charge in [-0.05, 0) is 18.2 Å². The molecule has 0 aromatic heterocycles. The van der Waals surface area contributed by atoms with Gasteiger partial charge in [-0.2, -0.15) is 0 Å². The van der Waals surface area contributed by atoms with E-state index >= 15 is 0 Å². The fraction of sp³-hybridized carbons (Fsp3) is 0.0769. The molecule has 0 heterocycles. The van der Waals surface area contributed by atoms with Gasteiger partial charge in [-0.1, -0.05) is 35.9 Å². The first kappa shape index (κ1) is 15.1. The predicted molar refractivity (Wildman–Crippen MR) is 70.2 cm³/mol. The Labute approximate surface area is 121 Å². The van der Waals surface area contributed by atoms with Crippen LogP contribution in [0.5, 0.6) is 5.75 Å². The average molecular weight is 318 g/mol. The Morgan fingerprint density at radius 3 is 2.29 bits per heavy atom. The van der Waals surface area contributed by atoms with E-state index in [1.807, 2.05) is 0 Å². The molecule has 2 rings (SSSR count). The molecule has 4 nitrogen and oxygen atoms in total. The Bertz CT molecular complexity index is 689. The highest BCUT2D eigenvalue weighted by atomic mass is 35.5. The van der Waals surface area contributed by atoms with Crippen LogP contribution >= 0.6 is 11.6 Å². The van der Waals surface area contributed by atoms with Crippen molar-refractivity contribution in [3.8, 4) is 16.9 Å². The van der Waals surface area contributed by atoms with Gasteiger partial charge < -0.3 is 4.74 Å². The second kappa shape index (κ2) is 5.61. The number of benzene rings is 2. The third-order valence-corrected chi connectivity index (χ3v) is 2.88. The van der Waals surface area contributed by atoms with Crippen molar-refractivity contribution in [1.29, 1.82) is 0 Å². The van der Waals surface area contributed by atoms with E-state index in [0.29, 0.717) is 0 Å². The molecule has 110 valence electrons. The summed E-state index contributed by atoms with van der Waals surface area (Å²) >= 11 is 5.76. The van der Waals surface area contributed by atoms with Crippen LogP contribution in [0, 0.1) is 10.1 Å². The molecule has 21 heavy (non-hydrogen) atoms. The number of nitro benzene ring substituents is 1. The third kappa shape index (κ3) is 3.43. The molecule has 0 spiro atoms. The van der Waals surface area contributed by atoms with Gasteiger partial charge in [-0.15, -0.1) is 13.2 Å². The normalized spacial score (nSPS) is 11.2. The van der Waals surface area contributed by atoms with Crippen molar-refractivity contribution in [2.24, 2.45) is 0 Å². The van der Waals surface area contributed by atoms with Crippen molar-refractivity contribution in [1.82, 2.24) is 0 Å². The zero-order valence-electron chi connectivity index (χ0n) is 10.2. The van der Waals surface area contributed by atoms with Crippen LogP contribution < -0.4 is 4.74 Å². The van der Waals surface area contributed by atoms with Gasteiger partial charge in [0, 0.05) is 5.56 Å². The monoisotopic (exact) mass is 317 g/mol. The number of para-hydroxylation sites is 2. The van der Waals surface area contributed by atoms with Crippen LogP contribution in [0.3, 0.4) is 0 Å². The Balaban J connectivity index is 2.63. The van der Waals surface area contributed by atoms with E-state index in [9.17, 15) is 23.3 Å². The Morgan fingerprint density at radius 2 is 1.67 bits per heavy atom. The summed E-state index contributed by atoms with van der Waals surface area (Å²) in [5.41, 5.74) is -0.589. The molecule has 0 aliphatic carbocycles. The van der Waals surface area contributed by atoms with E-state index in [0.717, 1.165) is 6.07 Å². The largest absolute Gasteiger partial charge is 0.573 e. The smallest absolute Gasteiger partial charge is 0.405 e. The van der Waals surface area contributed by atoms with Crippen molar-refractivity contribution in [2.45, 2.75) is 6.36 Å². The predicted octanol–water partition coefficient (Wildman–Crippen LogP) is 4.81. The topological polar surface area (TPSA) is 52.4 Å². The van der Waals surface area contributed by atoms with Crippen molar-refractivity contribution < 1.29 is 22.8 Å². The van der Waals surface area contributed by atoms with Gasteiger partial charge in [0.05, 0.1) is 10.5 Å². The van der Waals surface area contributed by atoms with Crippen LogP contribution in [0.1, 0.15) is 0 Å². The van der Waals surface area contributed by atoms with Crippen LogP contribution in [-0.2, 0) is 0 Å². The van der Waals surface area contributed by atoms with Crippen LogP contribution in [0.4, 0.5) is 18.9 Å². The zero-order valence-corrected chi connectivity index (χ0v) is 11.0. The number of hydrogen-bond acceptors (Lipinski definition) is 3. The molecular weight excluding hydrogens is 311 g/mol. The van der Waals surface area contributed by atoms with Gasteiger partial charge in [-0.3, -0.25) is 10.1 Å². The van der Waals surface area contributed by atoms with Crippen molar-refractivity contribution in [2.75, 3.05) is 0 Å². The first-order valence-electron chi connectivity index (χ1n) is 5.57. The van der Waals surface area contributed by atoms with Gasteiger partial charge >= 0.3 is 6.36 Å². The maximum absolute atomic E-state index is 12.4. The zero-order chi connectivity index (χ0) is 15.6. The van der Waals surface area contributed by atoms with Crippen molar-refractivity contribution >= 4 is 17.3 Å². The lowest BCUT2D eigenvalue weighted by Gasteiger charge is -2.13. The summed E-state index contributed by atoms with van der Waals surface area (Å²) in [5.74, 6) is -0.532. The van der Waals surface area contributed by atoms with E-state index < -0.39 is 22.7 Å². The van der Waals surface area contributed by atoms with Gasteiger partial charge in [0.1, 0.15) is 10.8 Å². The second-order valence-electron chi connectivity index (χ2n) is 3.94. The maximum atomic E-state index is 12.4. The molecular formula is C13H7ClF3NO3. The minimum Gasteiger partial charge on any atom is -0.405 e. The Morgan fingerprint density at radius 1 is 1.05 bits per heavy atom. The summed E-state index contributed by atoms with van der Waals surface area (Å²) in [6, 6.07) is 9.16. The number of rotatable bonds is 3. The van der Waals surface area contributed by atoms with Crippen molar-refractivity contribution in [3.63, 3.8) is 0 Å². The first-order valence-corrected chi connectivity index (χ1v) is 5.95. The van der Waals surface area contributed by atoms with E-state index in [1.165, 1.54) is 36.4 Å². The van der Waals surface area contributed by atoms with E-state index in [4.69, 9.17) is 11.6 Å². The fourth-order valence-corrected chi connectivity index (χ4v) is 2.06. The highest BCUT2D eigenvalue weighted by Crippen LogP contribution is 2.41. The third-order valence-electron chi connectivity index (χ3n) is 2.57. The quantitative estimate of drug-likeness (QED) is 0.602. The molecule has 0 saturated carbocycles. The minimum absolute atomic E-state index is 0.0487. The van der Waals surface area contributed by atoms with Gasteiger partial charge in [-0.25, -0.2) is 0 Å². The summed E-state index contributed by atoms with van der Waals surface area (Å²) in [6.45, 7) is 0. The summed E-state index contributed by atoms with van der Waals surface area (Å²) in [6.07, 6.45) is -4.90. The lowest BCUT2D eigenvalue weighted by atomic mass is 10.0. The van der Waals surface area contributed by atoms with E-state index in [1.54, 1.807) is 0 Å². The van der Waals surface area contributed by atoms with Gasteiger partial charge in [0.2, 0.25) is 0 Å². The first-order chi connectivity index (χ1) is 9.79. The number of hydrogen-bond donors (Lipinski definition) is 0. The number of alkyl halides is 3. The van der Waals surface area contributed by atoms with Crippen LogP contribution in [0.25, 0.3) is 11.1 Å². The molecule has 0 bridgehead atoms. The summed E-state index contributed by atoms with van der Waals surface area (Å²) < 4.78 is 41.1. The Kier molecular flexibility index (Phi) is 4.04. The van der Waals surface area contributed by atoms with E-state index in [2.05, 4.69) is 4.74 Å². The number of halogens is 4. The summed E-state index contributed by atoms with van der Waals surface area (Å²) in [4.78, 5) is 10.3. The molecule has 0 amide bonds. The molecule has 0 N–H and O–H groups in total.